The van der Waals surface area contributed by atoms with Crippen molar-refractivity contribution in [2.24, 2.45) is 0 Å². The first-order valence-corrected chi connectivity index (χ1v) is 14.2. The molecule has 2 aliphatic heterocycles. The smallest absolute Gasteiger partial charge is 0.295 e. The summed E-state index contributed by atoms with van der Waals surface area (Å²) in [6.07, 6.45) is 4.58. The van der Waals surface area contributed by atoms with Crippen LogP contribution in [0.15, 0.2) is 48.2 Å². The molecule has 5 rings (SSSR count). The lowest BCUT2D eigenvalue weighted by atomic mass is 9.96. The Hall–Kier alpha value is -3.69. The highest BCUT2D eigenvalue weighted by molar-refractivity contribution is 6.46. The first kappa shape index (κ1) is 27.9. The number of hydrogen-bond acceptors (Lipinski definition) is 7. The number of carbonyl (C=O) groups excluding carboxylic acids is 2. The molecule has 3 aromatic rings. The van der Waals surface area contributed by atoms with Gasteiger partial charge in [-0.2, -0.15) is 0 Å². The third-order valence-corrected chi connectivity index (χ3v) is 7.79. The third-order valence-electron chi connectivity index (χ3n) is 7.79. The van der Waals surface area contributed by atoms with E-state index in [9.17, 15) is 14.7 Å². The number of imidazole rings is 1. The fourth-order valence-electron chi connectivity index (χ4n) is 5.50. The van der Waals surface area contributed by atoms with Crippen LogP contribution in [0, 0.1) is 13.8 Å². The lowest BCUT2D eigenvalue weighted by molar-refractivity contribution is -0.140. The van der Waals surface area contributed by atoms with E-state index < -0.39 is 17.7 Å². The number of rotatable bonds is 10. The van der Waals surface area contributed by atoms with Crippen molar-refractivity contribution in [3.63, 3.8) is 0 Å². The molecule has 1 N–H and O–H groups in total. The number of hydrogen-bond donors (Lipinski definition) is 1. The Labute approximate surface area is 235 Å². The molecule has 0 bridgehead atoms. The van der Waals surface area contributed by atoms with Gasteiger partial charge in [-0.15, -0.1) is 0 Å². The summed E-state index contributed by atoms with van der Waals surface area (Å²) in [4.78, 5) is 35.5. The van der Waals surface area contributed by atoms with Crippen LogP contribution >= 0.6 is 0 Å². The average molecular weight is 547 g/mol. The number of amides is 1. The summed E-state index contributed by atoms with van der Waals surface area (Å²) in [6.45, 7) is 10.8. The summed E-state index contributed by atoms with van der Waals surface area (Å²) in [5.41, 5.74) is 3.47. The maximum atomic E-state index is 13.5. The zero-order valence-corrected chi connectivity index (χ0v) is 23.6. The van der Waals surface area contributed by atoms with Crippen LogP contribution in [0.25, 0.3) is 11.4 Å². The van der Waals surface area contributed by atoms with Gasteiger partial charge < -0.3 is 23.9 Å². The van der Waals surface area contributed by atoms with Crippen LogP contribution in [0.1, 0.15) is 54.7 Å². The Balaban J connectivity index is 1.51. The van der Waals surface area contributed by atoms with Crippen molar-refractivity contribution in [2.45, 2.75) is 46.1 Å². The van der Waals surface area contributed by atoms with Crippen molar-refractivity contribution in [2.75, 3.05) is 46.0 Å². The molecule has 1 aromatic carbocycles. The number of aliphatic hydroxyl groups is 1. The van der Waals surface area contributed by atoms with E-state index >= 15 is 0 Å². The van der Waals surface area contributed by atoms with Crippen LogP contribution in [-0.2, 0) is 14.3 Å². The van der Waals surface area contributed by atoms with E-state index in [4.69, 9.17) is 9.47 Å². The number of aryl methyl sites for hydroxylation is 2. The largest absolute Gasteiger partial charge is 0.505 e. The maximum Gasteiger partial charge on any atom is 0.295 e. The molecule has 2 fully saturated rings. The van der Waals surface area contributed by atoms with Gasteiger partial charge in [0.1, 0.15) is 17.1 Å². The third kappa shape index (κ3) is 5.48. The number of likely N-dealkylation sites (tertiary alicyclic amines) is 1. The number of aliphatic hydroxyl groups excluding tert-OH is 1. The highest BCUT2D eigenvalue weighted by atomic mass is 16.5. The molecule has 40 heavy (non-hydrogen) atoms. The molecular formula is C31H38N4O5. The molecule has 1 amide bonds. The molecule has 9 heteroatoms. The zero-order valence-electron chi connectivity index (χ0n) is 23.6. The quantitative estimate of drug-likeness (QED) is 0.176. The number of unbranched alkanes of at least 4 members (excludes halogenated alkanes) is 1. The van der Waals surface area contributed by atoms with Gasteiger partial charge in [-0.25, -0.2) is 4.98 Å². The van der Waals surface area contributed by atoms with Gasteiger partial charge in [-0.1, -0.05) is 31.5 Å². The minimum Gasteiger partial charge on any atom is -0.505 e. The lowest BCUT2D eigenvalue weighted by Gasteiger charge is -2.29. The van der Waals surface area contributed by atoms with Crippen molar-refractivity contribution >= 4 is 23.1 Å². The molecule has 212 valence electrons. The summed E-state index contributed by atoms with van der Waals surface area (Å²) in [5.74, 6) is -0.809. The zero-order chi connectivity index (χ0) is 28.2. The van der Waals surface area contributed by atoms with Crippen molar-refractivity contribution < 1.29 is 24.2 Å². The van der Waals surface area contributed by atoms with Crippen molar-refractivity contribution in [1.29, 1.82) is 0 Å². The van der Waals surface area contributed by atoms with Gasteiger partial charge >= 0.3 is 0 Å². The predicted molar refractivity (Wildman–Crippen MR) is 152 cm³/mol. The van der Waals surface area contributed by atoms with Crippen LogP contribution in [0.2, 0.25) is 0 Å². The number of fused-ring (bicyclic) bond motifs is 1. The number of morpholine rings is 1. The van der Waals surface area contributed by atoms with E-state index in [0.717, 1.165) is 49.4 Å². The number of ketones is 1. The number of aromatic nitrogens is 2. The van der Waals surface area contributed by atoms with Gasteiger partial charge in [0.15, 0.2) is 5.76 Å². The fraction of sp³-hybridized carbons (Fsp3) is 0.452. The molecule has 0 aliphatic carbocycles. The lowest BCUT2D eigenvalue weighted by Crippen LogP contribution is -2.38. The van der Waals surface area contributed by atoms with Crippen LogP contribution in [-0.4, -0.2) is 82.0 Å². The maximum absolute atomic E-state index is 13.5. The molecule has 2 saturated heterocycles. The van der Waals surface area contributed by atoms with E-state index in [-0.39, 0.29) is 11.3 Å². The molecule has 2 aromatic heterocycles. The monoisotopic (exact) mass is 546 g/mol. The number of carbonyl (C=O) groups is 2. The molecule has 2 aliphatic rings. The Morgan fingerprint density at radius 1 is 1.07 bits per heavy atom. The highest BCUT2D eigenvalue weighted by Crippen LogP contribution is 2.40. The molecular weight excluding hydrogens is 508 g/mol. The SMILES string of the molecule is CCCCOc1ccc(C2C(=C(O)c3nc4c(C)cccn4c3C)C(=O)C(=O)N2CCCN2CCOCC2)cc1. The molecule has 1 atom stereocenters. The van der Waals surface area contributed by atoms with E-state index in [1.54, 1.807) is 4.90 Å². The van der Waals surface area contributed by atoms with E-state index in [2.05, 4.69) is 16.8 Å². The second-order valence-electron chi connectivity index (χ2n) is 10.5. The van der Waals surface area contributed by atoms with Gasteiger partial charge in [0.05, 0.1) is 37.1 Å². The molecule has 0 spiro atoms. The van der Waals surface area contributed by atoms with Crippen molar-refractivity contribution in [1.82, 2.24) is 19.2 Å². The van der Waals surface area contributed by atoms with Crippen LogP contribution in [0.4, 0.5) is 0 Å². The van der Waals surface area contributed by atoms with Crippen molar-refractivity contribution in [3.05, 3.63) is 70.7 Å². The van der Waals surface area contributed by atoms with E-state index in [1.165, 1.54) is 0 Å². The van der Waals surface area contributed by atoms with Gasteiger partial charge in [0.2, 0.25) is 0 Å². The molecule has 0 saturated carbocycles. The number of pyridine rings is 1. The summed E-state index contributed by atoms with van der Waals surface area (Å²) < 4.78 is 13.2. The molecule has 1 unspecified atom stereocenters. The molecule has 4 heterocycles. The Morgan fingerprint density at radius 2 is 1.82 bits per heavy atom. The normalized spacial score (nSPS) is 19.6. The number of benzene rings is 1. The summed E-state index contributed by atoms with van der Waals surface area (Å²) in [5, 5.41) is 11.6. The second kappa shape index (κ2) is 12.2. The van der Waals surface area contributed by atoms with Crippen molar-refractivity contribution in [3.8, 4) is 5.75 Å². The first-order valence-electron chi connectivity index (χ1n) is 14.2. The molecule has 9 nitrogen and oxygen atoms in total. The number of nitrogens with zero attached hydrogens (tertiary/aromatic N) is 4. The van der Waals surface area contributed by atoms with Crippen LogP contribution < -0.4 is 4.74 Å². The van der Waals surface area contributed by atoms with Gasteiger partial charge in [-0.05, 0) is 56.0 Å². The second-order valence-corrected chi connectivity index (χ2v) is 10.5. The minimum absolute atomic E-state index is 0.0696. The fourth-order valence-corrected chi connectivity index (χ4v) is 5.50. The van der Waals surface area contributed by atoms with Crippen LogP contribution in [0.3, 0.4) is 0 Å². The van der Waals surface area contributed by atoms with E-state index in [0.29, 0.717) is 49.8 Å². The highest BCUT2D eigenvalue weighted by Gasteiger charge is 2.46. The van der Waals surface area contributed by atoms with Gasteiger partial charge in [0.25, 0.3) is 11.7 Å². The number of ether oxygens (including phenoxy) is 2. The van der Waals surface area contributed by atoms with Gasteiger partial charge in [-0.3, -0.25) is 14.5 Å². The number of Topliss-reactive ketones (excluding diaryl/α,β-unsaturated/α-hetero) is 1. The average Bonchev–Trinajstić information content (AvgIpc) is 3.44. The Kier molecular flexibility index (Phi) is 8.52. The van der Waals surface area contributed by atoms with Gasteiger partial charge in [0, 0.05) is 32.4 Å². The predicted octanol–water partition coefficient (Wildman–Crippen LogP) is 4.27. The Morgan fingerprint density at radius 3 is 2.52 bits per heavy atom. The first-order chi connectivity index (χ1) is 19.4. The molecule has 0 radical (unpaired) electrons. The summed E-state index contributed by atoms with van der Waals surface area (Å²) in [7, 11) is 0. The van der Waals surface area contributed by atoms with E-state index in [1.807, 2.05) is 60.8 Å². The Bertz CT molecular complexity index is 1410. The topological polar surface area (TPSA) is 96.6 Å². The standard InChI is InChI=1S/C31H38N4O5/c1-4-5-18-40-24-11-9-23(10-12-24)27-25(28(36)26-22(3)34-14-6-8-21(2)30(34)32-26)29(37)31(38)35(27)15-7-13-33-16-19-39-20-17-33/h6,8-12,14,27,36H,4-5,7,13,15-20H2,1-3H3. The summed E-state index contributed by atoms with van der Waals surface area (Å²) in [6, 6.07) is 10.6. The summed E-state index contributed by atoms with van der Waals surface area (Å²) >= 11 is 0. The minimum atomic E-state index is -0.723. The van der Waals surface area contributed by atoms with Crippen LogP contribution in [0.5, 0.6) is 5.75 Å².